The molecule has 2 aliphatic rings. The van der Waals surface area contributed by atoms with Crippen molar-refractivity contribution in [3.63, 3.8) is 0 Å². The number of ether oxygens (including phenoxy) is 1. The molecule has 6 nitrogen and oxygen atoms in total. The van der Waals surface area contributed by atoms with Crippen LogP contribution in [0.15, 0.2) is 24.4 Å². The quantitative estimate of drug-likeness (QED) is 0.380. The number of nitrogens with zero attached hydrogens (tertiary/aromatic N) is 2. The molecule has 0 bridgehead atoms. The molecule has 2 rings (SSSR count). The average Bonchev–Trinajstić information content (AvgIpc) is 2.56. The summed E-state index contributed by atoms with van der Waals surface area (Å²) in [5, 5.41) is 3.12. The lowest BCUT2D eigenvalue weighted by Gasteiger charge is -2.39. The highest BCUT2D eigenvalue weighted by Crippen LogP contribution is 2.17. The predicted octanol–water partition coefficient (Wildman–Crippen LogP) is -0.328. The van der Waals surface area contributed by atoms with E-state index in [0.29, 0.717) is 6.54 Å². The first-order valence-electron chi connectivity index (χ1n) is 5.75. The smallest absolute Gasteiger partial charge is 0.338 e. The van der Waals surface area contributed by atoms with Crippen LogP contribution in [0.5, 0.6) is 0 Å². The van der Waals surface area contributed by atoms with Gasteiger partial charge in [-0.25, -0.2) is 9.80 Å². The fraction of sp³-hybridized carbons (Fsp3) is 0.417. The highest BCUT2D eigenvalue weighted by molar-refractivity contribution is 6.43. The highest BCUT2D eigenvalue weighted by atomic mass is 16.5. The van der Waals surface area contributed by atoms with Gasteiger partial charge in [0.05, 0.1) is 13.2 Å². The van der Waals surface area contributed by atoms with Crippen molar-refractivity contribution >= 4 is 17.5 Å². The Morgan fingerprint density at radius 3 is 2.94 bits per heavy atom. The molecular formula is C12H14N2O4. The fourth-order valence-electron chi connectivity index (χ4n) is 1.94. The van der Waals surface area contributed by atoms with Gasteiger partial charge in [0.1, 0.15) is 0 Å². The molecule has 6 heteroatoms. The Bertz CT molecular complexity index is 441. The average molecular weight is 250 g/mol. The molecule has 0 aliphatic carbocycles. The predicted molar refractivity (Wildman–Crippen MR) is 62.1 cm³/mol. The van der Waals surface area contributed by atoms with E-state index in [0.717, 1.165) is 0 Å². The van der Waals surface area contributed by atoms with Gasteiger partial charge in [-0.2, -0.15) is 0 Å². The van der Waals surface area contributed by atoms with Gasteiger partial charge in [-0.05, 0) is 13.0 Å². The summed E-state index contributed by atoms with van der Waals surface area (Å²) in [6, 6.07) is -1.19. The van der Waals surface area contributed by atoms with Crippen molar-refractivity contribution in [1.29, 1.82) is 0 Å². The minimum atomic E-state index is -1.19. The summed E-state index contributed by atoms with van der Waals surface area (Å²) in [4.78, 5) is 35.2. The molecule has 0 radical (unpaired) electrons. The summed E-state index contributed by atoms with van der Waals surface area (Å²) >= 11 is 0. The molecule has 0 amide bonds. The lowest BCUT2D eigenvalue weighted by molar-refractivity contribution is -0.168. The second-order valence-corrected chi connectivity index (χ2v) is 3.94. The SMILES string of the molecule is CCOC(=O)C1C(=O)C(=O)CN2CC=CC=CN12. The minimum Gasteiger partial charge on any atom is -0.464 e. The van der Waals surface area contributed by atoms with Crippen LogP contribution in [0.25, 0.3) is 0 Å². The van der Waals surface area contributed by atoms with Crippen LogP contribution in [0.3, 0.4) is 0 Å². The molecule has 1 saturated heterocycles. The fourth-order valence-corrected chi connectivity index (χ4v) is 1.94. The van der Waals surface area contributed by atoms with Gasteiger partial charge in [0.15, 0.2) is 0 Å². The summed E-state index contributed by atoms with van der Waals surface area (Å²) in [5.74, 6) is -1.96. The molecule has 18 heavy (non-hydrogen) atoms. The number of rotatable bonds is 2. The lowest BCUT2D eigenvalue weighted by atomic mass is 10.1. The van der Waals surface area contributed by atoms with Crippen molar-refractivity contribution in [2.45, 2.75) is 13.0 Å². The molecule has 2 aliphatic heterocycles. The zero-order valence-electron chi connectivity index (χ0n) is 10.0. The second kappa shape index (κ2) is 5.14. The maximum Gasteiger partial charge on any atom is 0.338 e. The summed E-state index contributed by atoms with van der Waals surface area (Å²) in [5.41, 5.74) is 0. The molecule has 0 aromatic heterocycles. The summed E-state index contributed by atoms with van der Waals surface area (Å²) in [6.07, 6.45) is 6.97. The van der Waals surface area contributed by atoms with E-state index in [4.69, 9.17) is 4.74 Å². The molecule has 96 valence electrons. The van der Waals surface area contributed by atoms with E-state index in [1.54, 1.807) is 30.3 Å². The first-order chi connectivity index (χ1) is 8.65. The zero-order valence-corrected chi connectivity index (χ0v) is 10.0. The van der Waals surface area contributed by atoms with Crippen LogP contribution >= 0.6 is 0 Å². The lowest BCUT2D eigenvalue weighted by Crippen LogP contribution is -2.61. The number of esters is 1. The normalized spacial score (nSPS) is 23.8. The number of hydrogen-bond acceptors (Lipinski definition) is 6. The van der Waals surface area contributed by atoms with Crippen LogP contribution in [0.4, 0.5) is 0 Å². The molecule has 2 heterocycles. The third-order valence-corrected chi connectivity index (χ3v) is 2.75. The Balaban J connectivity index is 2.30. The number of ketones is 2. The van der Waals surface area contributed by atoms with Gasteiger partial charge in [0, 0.05) is 12.7 Å². The van der Waals surface area contributed by atoms with Crippen molar-refractivity contribution < 1.29 is 19.1 Å². The largest absolute Gasteiger partial charge is 0.464 e. The molecule has 0 N–H and O–H groups in total. The van der Waals surface area contributed by atoms with Gasteiger partial charge in [0.25, 0.3) is 0 Å². The number of carbonyl (C=O) groups is 3. The standard InChI is InChI=1S/C12H14N2O4/c1-2-18-12(17)10-11(16)9(15)8-13-6-4-3-5-7-14(10)13/h3-5,7,10H,2,6,8H2,1H3. The summed E-state index contributed by atoms with van der Waals surface area (Å²) < 4.78 is 4.86. The molecule has 0 spiro atoms. The molecule has 0 aromatic carbocycles. The Labute approximate surface area is 104 Å². The minimum absolute atomic E-state index is 0.0105. The number of fused-ring (bicyclic) bond motifs is 1. The monoisotopic (exact) mass is 250 g/mol. The zero-order chi connectivity index (χ0) is 13.1. The molecule has 1 unspecified atom stereocenters. The van der Waals surface area contributed by atoms with Crippen LogP contribution < -0.4 is 0 Å². The third-order valence-electron chi connectivity index (χ3n) is 2.75. The van der Waals surface area contributed by atoms with Gasteiger partial charge in [0.2, 0.25) is 17.6 Å². The Morgan fingerprint density at radius 2 is 2.22 bits per heavy atom. The van der Waals surface area contributed by atoms with Gasteiger partial charge in [-0.1, -0.05) is 12.2 Å². The molecular weight excluding hydrogens is 236 g/mol. The van der Waals surface area contributed by atoms with Gasteiger partial charge < -0.3 is 4.74 Å². The van der Waals surface area contributed by atoms with E-state index in [2.05, 4.69) is 0 Å². The highest BCUT2D eigenvalue weighted by Gasteiger charge is 2.44. The van der Waals surface area contributed by atoms with Crippen LogP contribution in [0.1, 0.15) is 6.92 Å². The van der Waals surface area contributed by atoms with E-state index >= 15 is 0 Å². The maximum absolute atomic E-state index is 11.8. The van der Waals surface area contributed by atoms with E-state index in [1.807, 2.05) is 6.08 Å². The maximum atomic E-state index is 11.8. The first-order valence-corrected chi connectivity index (χ1v) is 5.75. The van der Waals surface area contributed by atoms with Gasteiger partial charge in [-0.3, -0.25) is 14.6 Å². The van der Waals surface area contributed by atoms with E-state index in [1.165, 1.54) is 5.01 Å². The third kappa shape index (κ3) is 2.19. The summed E-state index contributed by atoms with van der Waals surface area (Å²) in [6.45, 7) is 2.29. The van der Waals surface area contributed by atoms with E-state index in [9.17, 15) is 14.4 Å². The molecule has 1 atom stereocenters. The van der Waals surface area contributed by atoms with Crippen LogP contribution in [-0.2, 0) is 19.1 Å². The van der Waals surface area contributed by atoms with Crippen molar-refractivity contribution in [3.05, 3.63) is 24.4 Å². The van der Waals surface area contributed by atoms with Crippen LogP contribution in [-0.4, -0.2) is 53.3 Å². The molecule has 1 fully saturated rings. The number of allylic oxidation sites excluding steroid dienone is 2. The summed E-state index contributed by atoms with van der Waals surface area (Å²) in [7, 11) is 0. The number of carbonyl (C=O) groups excluding carboxylic acids is 3. The Morgan fingerprint density at radius 1 is 1.44 bits per heavy atom. The van der Waals surface area contributed by atoms with Gasteiger partial charge in [-0.15, -0.1) is 0 Å². The number of Topliss-reactive ketones (excluding diaryl/α,β-unsaturated/α-hetero) is 2. The van der Waals surface area contributed by atoms with Crippen LogP contribution in [0, 0.1) is 0 Å². The van der Waals surface area contributed by atoms with E-state index < -0.39 is 23.6 Å². The number of hydrazine groups is 1. The van der Waals surface area contributed by atoms with E-state index in [-0.39, 0.29) is 13.2 Å². The Kier molecular flexibility index (Phi) is 3.57. The van der Waals surface area contributed by atoms with Crippen molar-refractivity contribution in [2.24, 2.45) is 0 Å². The molecule has 0 saturated carbocycles. The van der Waals surface area contributed by atoms with Crippen LogP contribution in [0.2, 0.25) is 0 Å². The van der Waals surface area contributed by atoms with Crippen molar-refractivity contribution in [2.75, 3.05) is 19.7 Å². The first kappa shape index (κ1) is 12.5. The Hall–Kier alpha value is -1.95. The number of hydrogen-bond donors (Lipinski definition) is 0. The van der Waals surface area contributed by atoms with Crippen molar-refractivity contribution in [3.8, 4) is 0 Å². The second-order valence-electron chi connectivity index (χ2n) is 3.94. The topological polar surface area (TPSA) is 66.9 Å². The van der Waals surface area contributed by atoms with Crippen molar-refractivity contribution in [1.82, 2.24) is 10.0 Å². The van der Waals surface area contributed by atoms with Gasteiger partial charge >= 0.3 is 5.97 Å². The molecule has 0 aromatic rings.